The van der Waals surface area contributed by atoms with Gasteiger partial charge in [-0.05, 0) is 29.8 Å². The quantitative estimate of drug-likeness (QED) is 0.648. The van der Waals surface area contributed by atoms with Crippen LogP contribution in [0.2, 0.25) is 0 Å². The molecule has 2 aromatic carbocycles. The summed E-state index contributed by atoms with van der Waals surface area (Å²) in [6.45, 7) is 0.589. The van der Waals surface area contributed by atoms with Crippen LogP contribution in [-0.4, -0.2) is 23.5 Å². The van der Waals surface area contributed by atoms with Gasteiger partial charge in [-0.3, -0.25) is 0 Å². The lowest BCUT2D eigenvalue weighted by Gasteiger charge is -2.06. The summed E-state index contributed by atoms with van der Waals surface area (Å²) < 4.78 is 11.1. The van der Waals surface area contributed by atoms with Crippen LogP contribution in [0.1, 0.15) is 33.4 Å². The summed E-state index contributed by atoms with van der Waals surface area (Å²) >= 11 is 0. The first-order chi connectivity index (χ1) is 13.3. The van der Waals surface area contributed by atoms with Crippen molar-refractivity contribution in [1.82, 2.24) is 4.98 Å². The van der Waals surface area contributed by atoms with Gasteiger partial charge >= 0.3 is 5.97 Å². The van der Waals surface area contributed by atoms with Crippen LogP contribution in [-0.2, 0) is 16.1 Å². The van der Waals surface area contributed by atoms with Crippen LogP contribution in [0.25, 0.3) is 0 Å². The van der Waals surface area contributed by atoms with Gasteiger partial charge in [0.2, 0.25) is 5.90 Å². The Kier molecular flexibility index (Phi) is 4.92. The zero-order chi connectivity index (χ0) is 18.5. The number of aromatic nitrogens is 1. The maximum atomic E-state index is 12.1. The van der Waals surface area contributed by atoms with E-state index in [4.69, 9.17) is 9.47 Å². The Bertz CT molecular complexity index is 956. The third kappa shape index (κ3) is 4.03. The number of hydrogen-bond acceptors (Lipinski definition) is 5. The number of esters is 1. The number of benzene rings is 2. The van der Waals surface area contributed by atoms with E-state index >= 15 is 0 Å². The topological polar surface area (TPSA) is 60.8 Å². The van der Waals surface area contributed by atoms with E-state index in [1.807, 2.05) is 54.6 Å². The van der Waals surface area contributed by atoms with Crippen LogP contribution in [0.5, 0.6) is 0 Å². The van der Waals surface area contributed by atoms with Crippen molar-refractivity contribution < 1.29 is 14.3 Å². The fraction of sp³-hybridized carbons (Fsp3) is 0.136. The molecule has 2 heterocycles. The predicted octanol–water partition coefficient (Wildman–Crippen LogP) is 3.96. The van der Waals surface area contributed by atoms with Crippen molar-refractivity contribution in [1.29, 1.82) is 0 Å². The van der Waals surface area contributed by atoms with Gasteiger partial charge in [-0.1, -0.05) is 54.6 Å². The standard InChI is InChI=1S/C22H18N2O3/c25-22(17-10-5-2-6-11-17)27-14-18-12-7-13-19(23-18)21-24-20(15-26-21)16-8-3-1-4-9-16/h1-13,20H,14-15H2/t20-/m0/s1. The number of nitrogens with zero attached hydrogens (tertiary/aromatic N) is 2. The Morgan fingerprint density at radius 3 is 2.48 bits per heavy atom. The zero-order valence-electron chi connectivity index (χ0n) is 14.6. The molecule has 0 amide bonds. The first-order valence-corrected chi connectivity index (χ1v) is 8.73. The largest absolute Gasteiger partial charge is 0.474 e. The molecular weight excluding hydrogens is 340 g/mol. The SMILES string of the molecule is O=C(OCc1cccc(C2=N[C@H](c3ccccc3)CO2)n1)c1ccccc1. The highest BCUT2D eigenvalue weighted by Crippen LogP contribution is 2.24. The summed E-state index contributed by atoms with van der Waals surface area (Å²) in [6, 6.07) is 24.4. The van der Waals surface area contributed by atoms with Crippen LogP contribution in [0.3, 0.4) is 0 Å². The normalized spacial score (nSPS) is 15.7. The minimum Gasteiger partial charge on any atom is -0.474 e. The minimum atomic E-state index is -0.374. The predicted molar refractivity (Wildman–Crippen MR) is 101 cm³/mol. The second-order valence-electron chi connectivity index (χ2n) is 6.13. The molecular formula is C22H18N2O3. The van der Waals surface area contributed by atoms with Gasteiger partial charge in [0.25, 0.3) is 0 Å². The molecule has 0 spiro atoms. The van der Waals surface area contributed by atoms with Gasteiger partial charge in [0.05, 0.1) is 11.3 Å². The number of rotatable bonds is 5. The number of carbonyl (C=O) groups excluding carboxylic acids is 1. The van der Waals surface area contributed by atoms with E-state index in [9.17, 15) is 4.79 Å². The number of ether oxygens (including phenoxy) is 2. The van der Waals surface area contributed by atoms with Crippen molar-refractivity contribution in [3.8, 4) is 0 Å². The summed E-state index contributed by atoms with van der Waals surface area (Å²) in [6.07, 6.45) is 0. The van der Waals surface area contributed by atoms with E-state index in [1.54, 1.807) is 24.3 Å². The van der Waals surface area contributed by atoms with E-state index in [2.05, 4.69) is 9.98 Å². The Labute approximate surface area is 157 Å². The molecule has 1 atom stereocenters. The fourth-order valence-electron chi connectivity index (χ4n) is 2.84. The highest BCUT2D eigenvalue weighted by Gasteiger charge is 2.22. The third-order valence-corrected chi connectivity index (χ3v) is 4.22. The van der Waals surface area contributed by atoms with Gasteiger partial charge < -0.3 is 9.47 Å². The van der Waals surface area contributed by atoms with E-state index in [-0.39, 0.29) is 18.6 Å². The maximum absolute atomic E-state index is 12.1. The Morgan fingerprint density at radius 2 is 1.70 bits per heavy atom. The van der Waals surface area contributed by atoms with Gasteiger partial charge in [0, 0.05) is 0 Å². The van der Waals surface area contributed by atoms with Crippen LogP contribution in [0.15, 0.2) is 83.9 Å². The monoisotopic (exact) mass is 358 g/mol. The average Bonchev–Trinajstić information content (AvgIpc) is 3.24. The van der Waals surface area contributed by atoms with Crippen LogP contribution in [0.4, 0.5) is 0 Å². The van der Waals surface area contributed by atoms with Gasteiger partial charge in [-0.2, -0.15) is 0 Å². The second kappa shape index (κ2) is 7.83. The number of pyridine rings is 1. The second-order valence-corrected chi connectivity index (χ2v) is 6.13. The van der Waals surface area contributed by atoms with Crippen molar-refractivity contribution in [2.75, 3.05) is 6.61 Å². The summed E-state index contributed by atoms with van der Waals surface area (Å²) in [5.41, 5.74) is 2.91. The Hall–Kier alpha value is -3.47. The molecule has 0 unspecified atom stereocenters. The molecule has 27 heavy (non-hydrogen) atoms. The van der Waals surface area contributed by atoms with Crippen molar-refractivity contribution in [3.63, 3.8) is 0 Å². The van der Waals surface area contributed by atoms with Crippen molar-refractivity contribution in [2.24, 2.45) is 4.99 Å². The van der Waals surface area contributed by atoms with Gasteiger partial charge in [0.1, 0.15) is 24.9 Å². The van der Waals surface area contributed by atoms with E-state index < -0.39 is 0 Å². The summed E-state index contributed by atoms with van der Waals surface area (Å²) in [4.78, 5) is 21.2. The van der Waals surface area contributed by atoms with Crippen LogP contribution >= 0.6 is 0 Å². The van der Waals surface area contributed by atoms with Crippen molar-refractivity contribution in [3.05, 3.63) is 101 Å². The molecule has 1 aliphatic heterocycles. The zero-order valence-corrected chi connectivity index (χ0v) is 14.6. The lowest BCUT2D eigenvalue weighted by Crippen LogP contribution is -2.09. The molecule has 0 radical (unpaired) electrons. The first kappa shape index (κ1) is 17.0. The van der Waals surface area contributed by atoms with Crippen molar-refractivity contribution in [2.45, 2.75) is 12.6 Å². The van der Waals surface area contributed by atoms with Gasteiger partial charge in [0.15, 0.2) is 0 Å². The smallest absolute Gasteiger partial charge is 0.338 e. The molecule has 5 nitrogen and oxygen atoms in total. The highest BCUT2D eigenvalue weighted by atomic mass is 16.5. The molecule has 3 aromatic rings. The van der Waals surface area contributed by atoms with Gasteiger partial charge in [-0.15, -0.1) is 0 Å². The van der Waals surface area contributed by atoms with E-state index in [0.717, 1.165) is 5.56 Å². The number of aliphatic imine (C=N–C) groups is 1. The number of carbonyl (C=O) groups is 1. The van der Waals surface area contributed by atoms with Gasteiger partial charge in [-0.25, -0.2) is 14.8 Å². The molecule has 0 fully saturated rings. The Balaban J connectivity index is 1.44. The molecule has 0 N–H and O–H groups in total. The summed E-state index contributed by atoms with van der Waals surface area (Å²) in [7, 11) is 0. The highest BCUT2D eigenvalue weighted by molar-refractivity contribution is 5.93. The molecule has 5 heteroatoms. The summed E-state index contributed by atoms with van der Waals surface area (Å²) in [5.74, 6) is 0.140. The number of hydrogen-bond donors (Lipinski definition) is 0. The fourth-order valence-corrected chi connectivity index (χ4v) is 2.84. The average molecular weight is 358 g/mol. The van der Waals surface area contributed by atoms with E-state index in [1.165, 1.54) is 0 Å². The first-order valence-electron chi connectivity index (χ1n) is 8.73. The molecule has 0 aliphatic carbocycles. The van der Waals surface area contributed by atoms with E-state index in [0.29, 0.717) is 29.5 Å². The van der Waals surface area contributed by atoms with Crippen molar-refractivity contribution >= 4 is 11.9 Å². The van der Waals surface area contributed by atoms with Crippen LogP contribution in [0, 0.1) is 0 Å². The maximum Gasteiger partial charge on any atom is 0.338 e. The molecule has 1 aromatic heterocycles. The molecule has 4 rings (SSSR count). The summed E-state index contributed by atoms with van der Waals surface area (Å²) in [5, 5.41) is 0. The third-order valence-electron chi connectivity index (χ3n) is 4.22. The van der Waals surface area contributed by atoms with Crippen LogP contribution < -0.4 is 0 Å². The molecule has 134 valence electrons. The Morgan fingerprint density at radius 1 is 0.963 bits per heavy atom. The lowest BCUT2D eigenvalue weighted by molar-refractivity contribution is 0.0467. The molecule has 0 saturated carbocycles. The molecule has 0 bridgehead atoms. The molecule has 0 saturated heterocycles. The molecule has 1 aliphatic rings. The minimum absolute atomic E-state index is 0.0254. The lowest BCUT2D eigenvalue weighted by atomic mass is 10.1.